The zero-order valence-electron chi connectivity index (χ0n) is 20.3. The Kier molecular flexibility index (Phi) is 8.59. The van der Waals surface area contributed by atoms with E-state index in [1.165, 1.54) is 16.4 Å². The predicted octanol–water partition coefficient (Wildman–Crippen LogP) is 2.06. The Hall–Kier alpha value is -3.26. The molecule has 13 heteroatoms. The first-order valence-corrected chi connectivity index (χ1v) is 13.8. The van der Waals surface area contributed by atoms with E-state index in [1.807, 2.05) is 0 Å². The van der Waals surface area contributed by atoms with Crippen LogP contribution in [0.1, 0.15) is 18.9 Å². The van der Waals surface area contributed by atoms with Gasteiger partial charge in [-0.3, -0.25) is 9.59 Å². The lowest BCUT2D eigenvalue weighted by Crippen LogP contribution is -2.40. The summed E-state index contributed by atoms with van der Waals surface area (Å²) >= 11 is 1.13. The number of amides is 2. The highest BCUT2D eigenvalue weighted by Crippen LogP contribution is 2.24. The zero-order valence-corrected chi connectivity index (χ0v) is 22.0. The van der Waals surface area contributed by atoms with Gasteiger partial charge in [-0.1, -0.05) is 23.9 Å². The highest BCUT2D eigenvalue weighted by atomic mass is 32.2. The van der Waals surface area contributed by atoms with Crippen molar-refractivity contribution in [3.8, 4) is 5.75 Å². The molecule has 1 atom stereocenters. The molecule has 2 N–H and O–H groups in total. The molecule has 2 heterocycles. The fourth-order valence-corrected chi connectivity index (χ4v) is 5.95. The summed E-state index contributed by atoms with van der Waals surface area (Å²) < 4.78 is 37.3. The smallest absolute Gasteiger partial charge is 0.243 e. The number of hydrogen-bond acceptors (Lipinski definition) is 9. The van der Waals surface area contributed by atoms with Gasteiger partial charge in [0.05, 0.1) is 30.9 Å². The lowest BCUT2D eigenvalue weighted by molar-refractivity contribution is -0.122. The maximum Gasteiger partial charge on any atom is 0.243 e. The molecule has 0 spiro atoms. The highest BCUT2D eigenvalue weighted by Gasteiger charge is 2.32. The van der Waals surface area contributed by atoms with Gasteiger partial charge in [-0.2, -0.15) is 9.41 Å². The molecule has 2 aromatic rings. The van der Waals surface area contributed by atoms with Gasteiger partial charge in [0.15, 0.2) is 5.17 Å². The Balaban J connectivity index is 1.34. The van der Waals surface area contributed by atoms with Crippen molar-refractivity contribution in [1.82, 2.24) is 9.62 Å². The summed E-state index contributed by atoms with van der Waals surface area (Å²) in [5.41, 5.74) is 1.83. The van der Waals surface area contributed by atoms with Crippen LogP contribution in [-0.4, -0.2) is 74.1 Å². The number of carbonyl (C=O) groups excluding carboxylic acids is 2. The third-order valence-corrected chi connectivity index (χ3v) is 8.68. The van der Waals surface area contributed by atoms with Crippen molar-refractivity contribution in [2.75, 3.05) is 38.7 Å². The van der Waals surface area contributed by atoms with Gasteiger partial charge in [-0.05, 0) is 48.9 Å². The summed E-state index contributed by atoms with van der Waals surface area (Å²) in [6, 6.07) is 13.3. The first-order chi connectivity index (χ1) is 17.8. The van der Waals surface area contributed by atoms with Gasteiger partial charge in [0.2, 0.25) is 21.8 Å². The fourth-order valence-electron chi connectivity index (χ4n) is 3.62. The summed E-state index contributed by atoms with van der Waals surface area (Å²) in [7, 11) is -2.02. The average molecular weight is 546 g/mol. The molecule has 0 bridgehead atoms. The number of carbonyl (C=O) groups is 2. The minimum absolute atomic E-state index is 0.0245. The Morgan fingerprint density at radius 3 is 2.49 bits per heavy atom. The van der Waals surface area contributed by atoms with Gasteiger partial charge in [-0.15, -0.1) is 5.10 Å². The van der Waals surface area contributed by atoms with E-state index < -0.39 is 15.3 Å². The van der Waals surface area contributed by atoms with Crippen LogP contribution in [0.2, 0.25) is 0 Å². The number of rotatable bonds is 8. The fraction of sp³-hybridized carbons (Fsp3) is 0.333. The van der Waals surface area contributed by atoms with Crippen LogP contribution in [0.25, 0.3) is 0 Å². The Morgan fingerprint density at radius 2 is 1.84 bits per heavy atom. The van der Waals surface area contributed by atoms with Gasteiger partial charge in [0.25, 0.3) is 0 Å². The molecule has 2 aromatic carbocycles. The van der Waals surface area contributed by atoms with E-state index >= 15 is 0 Å². The molecule has 0 aromatic heterocycles. The SMILES string of the molecule is COc1ccc(NC(=O)C[C@H]2S/C(=N/N=C(/C)c3ccc(S(=O)(=O)N4CCOCC4)cc3)NC2=O)cc1. The van der Waals surface area contributed by atoms with Crippen LogP contribution in [0.3, 0.4) is 0 Å². The average Bonchev–Trinajstić information content (AvgIpc) is 3.26. The standard InChI is InChI=1S/C24H27N5O6S2/c1-16(17-3-9-20(10-4-17)37(32,33)29-11-13-35-14-12-29)27-28-24-26-23(31)21(36-24)15-22(30)25-18-5-7-19(34-2)8-6-18/h3-10,21H,11-15H2,1-2H3,(H,25,30)(H,26,28,31)/b27-16-/t21-/m1/s1. The Morgan fingerprint density at radius 1 is 1.16 bits per heavy atom. The second-order valence-corrected chi connectivity index (χ2v) is 11.3. The van der Waals surface area contributed by atoms with Gasteiger partial charge in [0, 0.05) is 25.2 Å². The first-order valence-electron chi connectivity index (χ1n) is 11.5. The van der Waals surface area contributed by atoms with Crippen molar-refractivity contribution in [3.05, 3.63) is 54.1 Å². The minimum Gasteiger partial charge on any atom is -0.497 e. The zero-order chi connectivity index (χ0) is 26.4. The van der Waals surface area contributed by atoms with E-state index in [1.54, 1.807) is 50.4 Å². The molecular weight excluding hydrogens is 518 g/mol. The molecular formula is C24H27N5O6S2. The third-order valence-electron chi connectivity index (χ3n) is 5.69. The van der Waals surface area contributed by atoms with Gasteiger partial charge < -0.3 is 20.1 Å². The molecule has 2 amide bonds. The van der Waals surface area contributed by atoms with Crippen molar-refractivity contribution in [3.63, 3.8) is 0 Å². The highest BCUT2D eigenvalue weighted by molar-refractivity contribution is 8.15. The molecule has 0 unspecified atom stereocenters. The largest absolute Gasteiger partial charge is 0.497 e. The number of sulfonamides is 1. The first kappa shape index (κ1) is 26.8. The molecule has 11 nitrogen and oxygen atoms in total. The van der Waals surface area contributed by atoms with Crippen molar-refractivity contribution < 1.29 is 27.5 Å². The quantitative estimate of drug-likeness (QED) is 0.382. The van der Waals surface area contributed by atoms with E-state index in [2.05, 4.69) is 20.8 Å². The third kappa shape index (κ3) is 6.74. The van der Waals surface area contributed by atoms with Crippen molar-refractivity contribution in [1.29, 1.82) is 0 Å². The summed E-state index contributed by atoms with van der Waals surface area (Å²) in [6.45, 7) is 3.15. The van der Waals surface area contributed by atoms with E-state index in [0.29, 0.717) is 49.0 Å². The number of methoxy groups -OCH3 is 1. The number of nitrogens with one attached hydrogen (secondary N) is 2. The Bertz CT molecular complexity index is 1300. The predicted molar refractivity (Wildman–Crippen MR) is 141 cm³/mol. The molecule has 2 aliphatic heterocycles. The van der Waals surface area contributed by atoms with Crippen LogP contribution in [0, 0.1) is 0 Å². The number of nitrogens with zero attached hydrogens (tertiary/aromatic N) is 3. The van der Waals surface area contributed by atoms with Crippen molar-refractivity contribution >= 4 is 50.2 Å². The number of morpholine rings is 1. The van der Waals surface area contributed by atoms with E-state index in [-0.39, 0.29) is 28.3 Å². The molecule has 2 fully saturated rings. The van der Waals surface area contributed by atoms with Crippen LogP contribution in [-0.2, 0) is 24.3 Å². The minimum atomic E-state index is -3.58. The van der Waals surface area contributed by atoms with Crippen LogP contribution in [0.5, 0.6) is 5.75 Å². The molecule has 37 heavy (non-hydrogen) atoms. The summed E-state index contributed by atoms with van der Waals surface area (Å²) in [5, 5.41) is 13.3. The number of anilines is 1. The van der Waals surface area contributed by atoms with E-state index in [0.717, 1.165) is 11.8 Å². The normalized spacial score (nSPS) is 20.1. The molecule has 196 valence electrons. The summed E-state index contributed by atoms with van der Waals surface area (Å²) in [6.07, 6.45) is -0.0245. The van der Waals surface area contributed by atoms with E-state index in [4.69, 9.17) is 9.47 Å². The molecule has 4 rings (SSSR count). The van der Waals surface area contributed by atoms with Gasteiger partial charge >= 0.3 is 0 Å². The molecule has 0 radical (unpaired) electrons. The van der Waals surface area contributed by atoms with Crippen molar-refractivity contribution in [2.45, 2.75) is 23.5 Å². The topological polar surface area (TPSA) is 139 Å². The van der Waals surface area contributed by atoms with Crippen LogP contribution < -0.4 is 15.4 Å². The van der Waals surface area contributed by atoms with Crippen LogP contribution in [0.4, 0.5) is 5.69 Å². The Labute approximate surface area is 219 Å². The number of benzene rings is 2. The van der Waals surface area contributed by atoms with E-state index in [9.17, 15) is 18.0 Å². The van der Waals surface area contributed by atoms with Crippen LogP contribution >= 0.6 is 11.8 Å². The van der Waals surface area contributed by atoms with Gasteiger partial charge in [0.1, 0.15) is 11.0 Å². The number of ether oxygens (including phenoxy) is 2. The molecule has 2 aliphatic rings. The summed E-state index contributed by atoms with van der Waals surface area (Å²) in [5.74, 6) is 0.0550. The molecule has 0 saturated carbocycles. The van der Waals surface area contributed by atoms with Gasteiger partial charge in [-0.25, -0.2) is 8.42 Å². The second-order valence-electron chi connectivity index (χ2n) is 8.21. The second kappa shape index (κ2) is 11.9. The maximum absolute atomic E-state index is 12.8. The number of amidine groups is 1. The maximum atomic E-state index is 12.8. The number of hydrogen-bond donors (Lipinski definition) is 2. The molecule has 2 saturated heterocycles. The summed E-state index contributed by atoms with van der Waals surface area (Å²) in [4.78, 5) is 24.9. The van der Waals surface area contributed by atoms with Crippen LogP contribution in [0.15, 0.2) is 63.6 Å². The number of thioether (sulfide) groups is 1. The lowest BCUT2D eigenvalue weighted by Gasteiger charge is -2.26. The lowest BCUT2D eigenvalue weighted by atomic mass is 10.1. The van der Waals surface area contributed by atoms with Crippen molar-refractivity contribution in [2.24, 2.45) is 10.2 Å². The monoisotopic (exact) mass is 545 g/mol. The molecule has 0 aliphatic carbocycles.